The summed E-state index contributed by atoms with van der Waals surface area (Å²) in [5.41, 5.74) is -0.0276. The number of hydrogen-bond donors (Lipinski definition) is 1. The van der Waals surface area contributed by atoms with Gasteiger partial charge in [-0.05, 0) is 30.4 Å². The summed E-state index contributed by atoms with van der Waals surface area (Å²) >= 11 is 0. The molecule has 2 aliphatic rings. The number of alkyl halides is 3. The van der Waals surface area contributed by atoms with E-state index in [4.69, 9.17) is 9.47 Å². The van der Waals surface area contributed by atoms with Crippen molar-refractivity contribution in [2.24, 2.45) is 11.8 Å². The van der Waals surface area contributed by atoms with E-state index in [0.717, 1.165) is 11.1 Å². The monoisotopic (exact) mass is 533 g/mol. The molecule has 1 aliphatic heterocycles. The van der Waals surface area contributed by atoms with Crippen LogP contribution in [0.4, 0.5) is 18.0 Å². The Morgan fingerprint density at radius 1 is 0.947 bits per heavy atom. The summed E-state index contributed by atoms with van der Waals surface area (Å²) in [6, 6.07) is 18.0. The predicted octanol–water partition coefficient (Wildman–Crippen LogP) is 4.46. The standard InChI is InChI=1S/C28H30F3NO6/c29-28(30,31)24(33)21-12-7-13-22(21)25(34)38-23-17-32(26(35)37-18-20-10-5-2-6-11-20)15-14-27(23,36)16-19-8-3-1-4-9-19/h1-6,8-11,21-23,36H,7,12-18H2/t21-,22?,23?,27?/m0/s1. The first kappa shape index (κ1) is 27.6. The molecular formula is C28H30F3NO6. The molecule has 204 valence electrons. The van der Waals surface area contributed by atoms with Crippen LogP contribution in [0.15, 0.2) is 60.7 Å². The van der Waals surface area contributed by atoms with E-state index in [2.05, 4.69) is 0 Å². The number of esters is 1. The van der Waals surface area contributed by atoms with Gasteiger partial charge in [0.25, 0.3) is 0 Å². The highest BCUT2D eigenvalue weighted by Gasteiger charge is 2.52. The minimum atomic E-state index is -5.05. The van der Waals surface area contributed by atoms with Crippen molar-refractivity contribution in [2.75, 3.05) is 13.1 Å². The zero-order valence-electron chi connectivity index (χ0n) is 20.7. The number of ketones is 1. The second-order valence-electron chi connectivity index (χ2n) is 9.93. The molecule has 0 radical (unpaired) electrons. The van der Waals surface area contributed by atoms with Gasteiger partial charge in [0.05, 0.1) is 12.5 Å². The van der Waals surface area contributed by atoms with Crippen molar-refractivity contribution in [3.05, 3.63) is 71.8 Å². The van der Waals surface area contributed by atoms with E-state index in [9.17, 15) is 32.7 Å². The number of hydrogen-bond acceptors (Lipinski definition) is 6. The fourth-order valence-electron chi connectivity index (χ4n) is 5.22. The quantitative estimate of drug-likeness (QED) is 0.529. The summed E-state index contributed by atoms with van der Waals surface area (Å²) in [6.45, 7) is -0.0465. The van der Waals surface area contributed by atoms with Crippen LogP contribution in [0, 0.1) is 11.8 Å². The third-order valence-electron chi connectivity index (χ3n) is 7.31. The van der Waals surface area contributed by atoms with Gasteiger partial charge in [0, 0.05) is 18.9 Å². The molecule has 0 bridgehead atoms. The molecule has 1 amide bonds. The number of amides is 1. The van der Waals surface area contributed by atoms with Crippen molar-refractivity contribution in [1.29, 1.82) is 0 Å². The molecular weight excluding hydrogens is 503 g/mol. The third kappa shape index (κ3) is 6.53. The normalized spacial score (nSPS) is 25.6. The number of benzene rings is 2. The van der Waals surface area contributed by atoms with Crippen LogP contribution in [0.1, 0.15) is 36.8 Å². The van der Waals surface area contributed by atoms with Crippen LogP contribution < -0.4 is 0 Å². The van der Waals surface area contributed by atoms with Crippen LogP contribution in [-0.4, -0.2) is 58.8 Å². The van der Waals surface area contributed by atoms with Gasteiger partial charge in [-0.25, -0.2) is 4.79 Å². The summed E-state index contributed by atoms with van der Waals surface area (Å²) in [5.74, 6) is -5.68. The number of nitrogens with zero attached hydrogens (tertiary/aromatic N) is 1. The van der Waals surface area contributed by atoms with Crippen molar-refractivity contribution in [1.82, 2.24) is 4.90 Å². The Labute approximate surface area is 218 Å². The van der Waals surface area contributed by atoms with Crippen LogP contribution in [0.2, 0.25) is 0 Å². The van der Waals surface area contributed by atoms with Crippen molar-refractivity contribution in [3.8, 4) is 0 Å². The van der Waals surface area contributed by atoms with Crippen LogP contribution in [0.5, 0.6) is 0 Å². The maximum Gasteiger partial charge on any atom is 0.450 e. The van der Waals surface area contributed by atoms with Crippen molar-refractivity contribution < 1.29 is 42.1 Å². The number of carbonyl (C=O) groups excluding carboxylic acids is 3. The molecule has 4 atom stereocenters. The van der Waals surface area contributed by atoms with Gasteiger partial charge in [-0.1, -0.05) is 67.1 Å². The minimum Gasteiger partial charge on any atom is -0.457 e. The topological polar surface area (TPSA) is 93.1 Å². The first-order valence-corrected chi connectivity index (χ1v) is 12.6. The fraction of sp³-hybridized carbons (Fsp3) is 0.464. The molecule has 7 nitrogen and oxygen atoms in total. The lowest BCUT2D eigenvalue weighted by atomic mass is 9.82. The van der Waals surface area contributed by atoms with Gasteiger partial charge in [-0.15, -0.1) is 0 Å². The number of halogens is 3. The van der Waals surface area contributed by atoms with E-state index in [1.54, 1.807) is 36.4 Å². The first-order valence-electron chi connectivity index (χ1n) is 12.6. The molecule has 1 aliphatic carbocycles. The molecule has 4 rings (SSSR count). The van der Waals surface area contributed by atoms with E-state index in [1.165, 1.54) is 4.90 Å². The van der Waals surface area contributed by atoms with Crippen molar-refractivity contribution in [3.63, 3.8) is 0 Å². The van der Waals surface area contributed by atoms with Gasteiger partial charge < -0.3 is 19.5 Å². The lowest BCUT2D eigenvalue weighted by Crippen LogP contribution is -2.59. The van der Waals surface area contributed by atoms with Gasteiger partial charge in [-0.3, -0.25) is 9.59 Å². The Bertz CT molecular complexity index is 1130. The first-order chi connectivity index (χ1) is 18.1. The van der Waals surface area contributed by atoms with Gasteiger partial charge in [0.2, 0.25) is 5.78 Å². The second kappa shape index (κ2) is 11.6. The number of aliphatic hydroxyl groups is 1. The SMILES string of the molecule is O=C(OC1CN(C(=O)OCc2ccccc2)CCC1(O)Cc1ccccc1)C1CCC[C@@H]1C(=O)C(F)(F)F. The highest BCUT2D eigenvalue weighted by Crippen LogP contribution is 2.39. The average molecular weight is 534 g/mol. The molecule has 3 unspecified atom stereocenters. The van der Waals surface area contributed by atoms with E-state index >= 15 is 0 Å². The summed E-state index contributed by atoms with van der Waals surface area (Å²) in [6.07, 6.45) is -6.48. The Morgan fingerprint density at radius 2 is 1.55 bits per heavy atom. The molecule has 2 fully saturated rings. The zero-order valence-corrected chi connectivity index (χ0v) is 20.7. The summed E-state index contributed by atoms with van der Waals surface area (Å²) in [4.78, 5) is 39.1. The molecule has 1 heterocycles. The molecule has 10 heteroatoms. The number of carbonyl (C=O) groups is 3. The number of piperidine rings is 1. The molecule has 2 aromatic carbocycles. The molecule has 1 saturated carbocycles. The molecule has 0 spiro atoms. The van der Waals surface area contributed by atoms with Crippen molar-refractivity contribution >= 4 is 17.8 Å². The van der Waals surface area contributed by atoms with Crippen LogP contribution in [0.25, 0.3) is 0 Å². The molecule has 2 aromatic rings. The Kier molecular flexibility index (Phi) is 8.40. The number of rotatable bonds is 7. The van der Waals surface area contributed by atoms with Crippen molar-refractivity contribution in [2.45, 2.75) is 56.6 Å². The lowest BCUT2D eigenvalue weighted by Gasteiger charge is -2.43. The van der Waals surface area contributed by atoms with E-state index in [0.29, 0.717) is 0 Å². The fourth-order valence-corrected chi connectivity index (χ4v) is 5.22. The summed E-state index contributed by atoms with van der Waals surface area (Å²) in [7, 11) is 0. The average Bonchev–Trinajstić information content (AvgIpc) is 3.39. The van der Waals surface area contributed by atoms with Crippen LogP contribution in [0.3, 0.4) is 0 Å². The molecule has 0 aromatic heterocycles. The van der Waals surface area contributed by atoms with Crippen LogP contribution in [-0.2, 0) is 32.1 Å². The van der Waals surface area contributed by atoms with E-state index < -0.39 is 47.6 Å². The Hall–Kier alpha value is -3.40. The number of Topliss-reactive ketones (excluding diaryl/α,β-unsaturated/α-hetero) is 1. The van der Waals surface area contributed by atoms with E-state index in [1.807, 2.05) is 24.3 Å². The van der Waals surface area contributed by atoms with Gasteiger partial charge in [-0.2, -0.15) is 13.2 Å². The van der Waals surface area contributed by atoms with E-state index in [-0.39, 0.29) is 51.8 Å². The predicted molar refractivity (Wildman–Crippen MR) is 130 cm³/mol. The maximum atomic E-state index is 13.1. The summed E-state index contributed by atoms with van der Waals surface area (Å²) < 4.78 is 50.3. The van der Waals surface area contributed by atoms with Gasteiger partial charge >= 0.3 is 18.2 Å². The summed E-state index contributed by atoms with van der Waals surface area (Å²) in [5, 5.41) is 11.6. The van der Waals surface area contributed by atoms with Gasteiger partial charge in [0.1, 0.15) is 18.3 Å². The zero-order chi connectivity index (χ0) is 27.3. The maximum absolute atomic E-state index is 13.1. The lowest BCUT2D eigenvalue weighted by molar-refractivity contribution is -0.187. The highest BCUT2D eigenvalue weighted by molar-refractivity contribution is 5.91. The highest BCUT2D eigenvalue weighted by atomic mass is 19.4. The van der Waals surface area contributed by atoms with Crippen LogP contribution >= 0.6 is 0 Å². The number of likely N-dealkylation sites (tertiary alicyclic amines) is 1. The minimum absolute atomic E-state index is 0.0260. The largest absolute Gasteiger partial charge is 0.457 e. The smallest absolute Gasteiger partial charge is 0.450 e. The molecule has 1 saturated heterocycles. The van der Waals surface area contributed by atoms with Gasteiger partial charge in [0.15, 0.2) is 0 Å². The Balaban J connectivity index is 1.49. The molecule has 1 N–H and O–H groups in total. The molecule has 38 heavy (non-hydrogen) atoms. The number of ether oxygens (including phenoxy) is 2. The Morgan fingerprint density at radius 3 is 2.18 bits per heavy atom. The second-order valence-corrected chi connectivity index (χ2v) is 9.93. The third-order valence-corrected chi connectivity index (χ3v) is 7.31.